The van der Waals surface area contributed by atoms with Gasteiger partial charge in [-0.15, -0.1) is 0 Å². The minimum atomic E-state index is 0.111. The van der Waals surface area contributed by atoms with Gasteiger partial charge in [0.25, 0.3) is 0 Å². The van der Waals surface area contributed by atoms with Gasteiger partial charge in [-0.2, -0.15) is 0 Å². The monoisotopic (exact) mass is 274 g/mol. The highest BCUT2D eigenvalue weighted by atomic mass is 16.1. The first kappa shape index (κ1) is 15.0. The zero-order valence-corrected chi connectivity index (χ0v) is 12.7. The Bertz CT molecular complexity index is 450. The Hall–Kier alpha value is -1.35. The summed E-state index contributed by atoms with van der Waals surface area (Å²) in [5.41, 5.74) is 3.35. The van der Waals surface area contributed by atoms with Crippen molar-refractivity contribution in [2.75, 3.05) is 11.9 Å². The Morgan fingerprint density at radius 1 is 1.30 bits per heavy atom. The molecule has 0 spiro atoms. The molecule has 3 nitrogen and oxygen atoms in total. The Morgan fingerprint density at radius 2 is 2.05 bits per heavy atom. The highest BCUT2D eigenvalue weighted by Gasteiger charge is 2.14. The second kappa shape index (κ2) is 7.44. The molecule has 0 unspecified atom stereocenters. The van der Waals surface area contributed by atoms with Crippen LogP contribution in [0.1, 0.15) is 50.2 Å². The van der Waals surface area contributed by atoms with Gasteiger partial charge in [-0.1, -0.05) is 38.0 Å². The third-order valence-corrected chi connectivity index (χ3v) is 4.14. The summed E-state index contributed by atoms with van der Waals surface area (Å²) in [6.45, 7) is 4.95. The van der Waals surface area contributed by atoms with Gasteiger partial charge in [0.2, 0.25) is 5.91 Å². The van der Waals surface area contributed by atoms with Crippen LogP contribution in [0, 0.1) is 6.92 Å². The SMILES string of the molecule is CCc1cccc(C)c1NC(=O)CCNC1CCCC1. The van der Waals surface area contributed by atoms with Crippen molar-refractivity contribution in [2.45, 2.75) is 58.4 Å². The fraction of sp³-hybridized carbons (Fsp3) is 0.588. The van der Waals surface area contributed by atoms with Gasteiger partial charge in [0, 0.05) is 24.7 Å². The molecule has 0 heterocycles. The van der Waals surface area contributed by atoms with E-state index in [9.17, 15) is 4.79 Å². The quantitative estimate of drug-likeness (QED) is 0.834. The highest BCUT2D eigenvalue weighted by molar-refractivity contribution is 5.92. The fourth-order valence-electron chi connectivity index (χ4n) is 2.92. The second-order valence-electron chi connectivity index (χ2n) is 5.70. The molecule has 0 aromatic heterocycles. The second-order valence-corrected chi connectivity index (χ2v) is 5.70. The fourth-order valence-corrected chi connectivity index (χ4v) is 2.92. The van der Waals surface area contributed by atoms with Crippen LogP contribution in [0.15, 0.2) is 18.2 Å². The molecular formula is C17H26N2O. The average Bonchev–Trinajstić information content (AvgIpc) is 2.94. The zero-order valence-electron chi connectivity index (χ0n) is 12.7. The summed E-state index contributed by atoms with van der Waals surface area (Å²) >= 11 is 0. The normalized spacial score (nSPS) is 15.5. The largest absolute Gasteiger partial charge is 0.326 e. The van der Waals surface area contributed by atoms with Crippen molar-refractivity contribution in [1.82, 2.24) is 5.32 Å². The van der Waals surface area contributed by atoms with Gasteiger partial charge in [0.05, 0.1) is 0 Å². The number of benzene rings is 1. The van der Waals surface area contributed by atoms with Crippen molar-refractivity contribution in [3.63, 3.8) is 0 Å². The lowest BCUT2D eigenvalue weighted by Crippen LogP contribution is -2.29. The smallest absolute Gasteiger partial charge is 0.225 e. The molecule has 1 amide bonds. The van der Waals surface area contributed by atoms with E-state index < -0.39 is 0 Å². The number of amides is 1. The van der Waals surface area contributed by atoms with E-state index in [1.165, 1.54) is 31.2 Å². The summed E-state index contributed by atoms with van der Waals surface area (Å²) < 4.78 is 0. The van der Waals surface area contributed by atoms with Gasteiger partial charge < -0.3 is 10.6 Å². The third-order valence-electron chi connectivity index (χ3n) is 4.14. The molecule has 0 aliphatic heterocycles. The van der Waals surface area contributed by atoms with Crippen LogP contribution in [0.25, 0.3) is 0 Å². The Balaban J connectivity index is 1.81. The molecule has 2 N–H and O–H groups in total. The number of carbonyl (C=O) groups excluding carboxylic acids is 1. The van der Waals surface area contributed by atoms with Crippen LogP contribution in [0.2, 0.25) is 0 Å². The van der Waals surface area contributed by atoms with Crippen LogP contribution in [0.4, 0.5) is 5.69 Å². The van der Waals surface area contributed by atoms with E-state index in [1.54, 1.807) is 0 Å². The molecule has 1 saturated carbocycles. The Kier molecular flexibility index (Phi) is 5.60. The minimum absolute atomic E-state index is 0.111. The van der Waals surface area contributed by atoms with E-state index in [1.807, 2.05) is 19.1 Å². The van der Waals surface area contributed by atoms with Crippen molar-refractivity contribution >= 4 is 11.6 Å². The molecule has 0 radical (unpaired) electrons. The van der Waals surface area contributed by atoms with Crippen LogP contribution in [-0.2, 0) is 11.2 Å². The molecule has 2 rings (SSSR count). The number of para-hydroxylation sites is 1. The molecule has 1 aliphatic carbocycles. The molecule has 110 valence electrons. The van der Waals surface area contributed by atoms with E-state index in [2.05, 4.69) is 23.6 Å². The number of nitrogens with one attached hydrogen (secondary N) is 2. The molecule has 1 aromatic carbocycles. The van der Waals surface area contributed by atoms with E-state index in [-0.39, 0.29) is 5.91 Å². The van der Waals surface area contributed by atoms with Crippen molar-refractivity contribution in [3.8, 4) is 0 Å². The van der Waals surface area contributed by atoms with Crippen molar-refractivity contribution in [2.24, 2.45) is 0 Å². The Labute approximate surface area is 122 Å². The Morgan fingerprint density at radius 3 is 2.75 bits per heavy atom. The zero-order chi connectivity index (χ0) is 14.4. The lowest BCUT2D eigenvalue weighted by atomic mass is 10.1. The molecule has 1 aliphatic rings. The number of hydrogen-bond acceptors (Lipinski definition) is 2. The summed E-state index contributed by atoms with van der Waals surface area (Å²) in [7, 11) is 0. The van der Waals surface area contributed by atoms with E-state index >= 15 is 0 Å². The van der Waals surface area contributed by atoms with Gasteiger partial charge in [-0.3, -0.25) is 4.79 Å². The number of carbonyl (C=O) groups is 1. The molecule has 20 heavy (non-hydrogen) atoms. The number of aryl methyl sites for hydroxylation is 2. The molecule has 1 fully saturated rings. The standard InChI is InChI=1S/C17H26N2O/c1-3-14-8-6-7-13(2)17(14)19-16(20)11-12-18-15-9-4-5-10-15/h6-8,15,18H,3-5,9-12H2,1-2H3,(H,19,20). The van der Waals surface area contributed by atoms with Crippen molar-refractivity contribution in [1.29, 1.82) is 0 Å². The summed E-state index contributed by atoms with van der Waals surface area (Å²) in [5, 5.41) is 6.56. The summed E-state index contributed by atoms with van der Waals surface area (Å²) in [4.78, 5) is 12.1. The van der Waals surface area contributed by atoms with Crippen LogP contribution >= 0.6 is 0 Å². The maximum absolute atomic E-state index is 12.1. The van der Waals surface area contributed by atoms with Crippen LogP contribution in [0.5, 0.6) is 0 Å². The molecule has 1 aromatic rings. The first-order valence-corrected chi connectivity index (χ1v) is 7.82. The lowest BCUT2D eigenvalue weighted by molar-refractivity contribution is -0.116. The van der Waals surface area contributed by atoms with Gasteiger partial charge in [0.15, 0.2) is 0 Å². The summed E-state index contributed by atoms with van der Waals surface area (Å²) in [5.74, 6) is 0.111. The maximum Gasteiger partial charge on any atom is 0.225 e. The van der Waals surface area contributed by atoms with E-state index in [4.69, 9.17) is 0 Å². The highest BCUT2D eigenvalue weighted by Crippen LogP contribution is 2.21. The van der Waals surface area contributed by atoms with Crippen molar-refractivity contribution in [3.05, 3.63) is 29.3 Å². The summed E-state index contributed by atoms with van der Waals surface area (Å²) in [6, 6.07) is 6.81. The van der Waals surface area contributed by atoms with Crippen LogP contribution < -0.4 is 10.6 Å². The number of rotatable bonds is 6. The van der Waals surface area contributed by atoms with Crippen LogP contribution in [0.3, 0.4) is 0 Å². The first-order valence-electron chi connectivity index (χ1n) is 7.82. The van der Waals surface area contributed by atoms with Gasteiger partial charge in [-0.05, 0) is 37.3 Å². The summed E-state index contributed by atoms with van der Waals surface area (Å²) in [6.07, 6.45) is 6.67. The minimum Gasteiger partial charge on any atom is -0.326 e. The van der Waals surface area contributed by atoms with Gasteiger partial charge in [-0.25, -0.2) is 0 Å². The maximum atomic E-state index is 12.1. The van der Waals surface area contributed by atoms with E-state index in [0.717, 1.165) is 24.2 Å². The predicted molar refractivity (Wildman–Crippen MR) is 84.1 cm³/mol. The average molecular weight is 274 g/mol. The van der Waals surface area contributed by atoms with E-state index in [0.29, 0.717) is 12.5 Å². The van der Waals surface area contributed by atoms with Gasteiger partial charge >= 0.3 is 0 Å². The predicted octanol–water partition coefficient (Wildman–Crippen LogP) is 3.42. The molecule has 0 bridgehead atoms. The molecule has 0 saturated heterocycles. The first-order chi connectivity index (χ1) is 9.70. The lowest BCUT2D eigenvalue weighted by Gasteiger charge is -2.14. The van der Waals surface area contributed by atoms with Crippen molar-refractivity contribution < 1.29 is 4.79 Å². The topological polar surface area (TPSA) is 41.1 Å². The molecular weight excluding hydrogens is 248 g/mol. The number of hydrogen-bond donors (Lipinski definition) is 2. The van der Waals surface area contributed by atoms with Gasteiger partial charge in [0.1, 0.15) is 0 Å². The molecule has 3 heteroatoms. The van der Waals surface area contributed by atoms with Crippen LogP contribution in [-0.4, -0.2) is 18.5 Å². The molecule has 0 atom stereocenters. The third kappa shape index (κ3) is 4.07. The number of anilines is 1.